The second-order valence-electron chi connectivity index (χ2n) is 5.04. The van der Waals surface area contributed by atoms with E-state index in [2.05, 4.69) is 5.32 Å². The van der Waals surface area contributed by atoms with E-state index >= 15 is 0 Å². The second-order valence-corrected chi connectivity index (χ2v) is 5.48. The molecule has 1 aromatic rings. The summed E-state index contributed by atoms with van der Waals surface area (Å²) < 4.78 is 0. The van der Waals surface area contributed by atoms with Crippen molar-refractivity contribution in [2.75, 3.05) is 6.54 Å². The first-order valence-corrected chi connectivity index (χ1v) is 6.61. The first kappa shape index (κ1) is 13.9. The molecule has 0 aliphatic heterocycles. The third-order valence-corrected chi connectivity index (χ3v) is 3.79. The van der Waals surface area contributed by atoms with Crippen LogP contribution in [0.2, 0.25) is 5.02 Å². The van der Waals surface area contributed by atoms with E-state index in [1.807, 2.05) is 12.1 Å². The molecule has 0 saturated heterocycles. The maximum Gasteiger partial charge on any atom is 0.308 e. The molecule has 1 amide bonds. The predicted molar refractivity (Wildman–Crippen MR) is 72.2 cm³/mol. The van der Waals surface area contributed by atoms with E-state index in [-0.39, 0.29) is 12.5 Å². The van der Waals surface area contributed by atoms with Gasteiger partial charge in [0.05, 0.1) is 11.3 Å². The lowest BCUT2D eigenvalue weighted by Crippen LogP contribution is -2.38. The molecule has 1 unspecified atom stereocenters. The average molecular weight is 282 g/mol. The number of nitrogens with one attached hydrogen (secondary N) is 1. The Morgan fingerprint density at radius 2 is 2.16 bits per heavy atom. The van der Waals surface area contributed by atoms with Crippen LogP contribution in [0.15, 0.2) is 24.3 Å². The molecule has 1 saturated carbocycles. The third kappa shape index (κ3) is 2.89. The summed E-state index contributed by atoms with van der Waals surface area (Å²) in [7, 11) is 0. The van der Waals surface area contributed by atoms with Crippen LogP contribution in [-0.4, -0.2) is 23.5 Å². The molecule has 4 nitrogen and oxygen atoms in total. The number of hydrogen-bond donors (Lipinski definition) is 2. The van der Waals surface area contributed by atoms with Crippen LogP contribution in [0.1, 0.15) is 25.3 Å². The van der Waals surface area contributed by atoms with Gasteiger partial charge < -0.3 is 10.4 Å². The van der Waals surface area contributed by atoms with Crippen molar-refractivity contribution >= 4 is 23.5 Å². The third-order valence-electron chi connectivity index (χ3n) is 3.55. The fourth-order valence-corrected chi connectivity index (χ4v) is 2.25. The van der Waals surface area contributed by atoms with Gasteiger partial charge in [0, 0.05) is 11.6 Å². The minimum Gasteiger partial charge on any atom is -0.481 e. The van der Waals surface area contributed by atoms with Crippen LogP contribution in [-0.2, 0) is 15.0 Å². The van der Waals surface area contributed by atoms with Crippen molar-refractivity contribution in [2.45, 2.75) is 25.2 Å². The fourth-order valence-electron chi connectivity index (χ4n) is 2.06. The van der Waals surface area contributed by atoms with Gasteiger partial charge in [-0.2, -0.15) is 0 Å². The van der Waals surface area contributed by atoms with Gasteiger partial charge in [0.25, 0.3) is 0 Å². The Hall–Kier alpha value is -1.55. The highest BCUT2D eigenvalue weighted by molar-refractivity contribution is 6.30. The van der Waals surface area contributed by atoms with Crippen molar-refractivity contribution in [3.8, 4) is 0 Å². The van der Waals surface area contributed by atoms with Crippen LogP contribution >= 0.6 is 11.6 Å². The van der Waals surface area contributed by atoms with Gasteiger partial charge in [-0.05, 0) is 30.5 Å². The van der Waals surface area contributed by atoms with Crippen LogP contribution in [0.5, 0.6) is 0 Å². The lowest BCUT2D eigenvalue weighted by Gasteiger charge is -2.17. The SMILES string of the molecule is CC(CNC(=O)C1(c2cccc(Cl)c2)CC1)C(=O)O. The summed E-state index contributed by atoms with van der Waals surface area (Å²) in [6, 6.07) is 7.28. The summed E-state index contributed by atoms with van der Waals surface area (Å²) in [6.45, 7) is 1.72. The Morgan fingerprint density at radius 3 is 2.68 bits per heavy atom. The summed E-state index contributed by atoms with van der Waals surface area (Å²) in [4.78, 5) is 22.9. The Bertz CT molecular complexity index is 511. The van der Waals surface area contributed by atoms with E-state index in [4.69, 9.17) is 16.7 Å². The summed E-state index contributed by atoms with van der Waals surface area (Å²) >= 11 is 5.94. The zero-order chi connectivity index (χ0) is 14.0. The number of rotatable bonds is 5. The number of amides is 1. The second kappa shape index (κ2) is 5.21. The number of benzene rings is 1. The molecule has 1 aromatic carbocycles. The number of halogens is 1. The number of carbonyl (C=O) groups is 2. The van der Waals surface area contributed by atoms with Crippen LogP contribution in [0.3, 0.4) is 0 Å². The molecule has 2 N–H and O–H groups in total. The van der Waals surface area contributed by atoms with Crippen LogP contribution in [0.25, 0.3) is 0 Å². The Morgan fingerprint density at radius 1 is 1.47 bits per heavy atom. The van der Waals surface area contributed by atoms with Crippen LogP contribution in [0.4, 0.5) is 0 Å². The number of carboxylic acid groups (broad SMARTS) is 1. The van der Waals surface area contributed by atoms with Gasteiger partial charge in [-0.15, -0.1) is 0 Å². The molecule has 2 rings (SSSR count). The summed E-state index contributed by atoms with van der Waals surface area (Å²) in [5.74, 6) is -1.60. The van der Waals surface area contributed by atoms with E-state index in [0.29, 0.717) is 5.02 Å². The highest BCUT2D eigenvalue weighted by atomic mass is 35.5. The zero-order valence-electron chi connectivity index (χ0n) is 10.6. The lowest BCUT2D eigenvalue weighted by molar-refractivity contribution is -0.141. The minimum atomic E-state index is -0.909. The molecule has 0 aromatic heterocycles. The fraction of sp³-hybridized carbons (Fsp3) is 0.429. The predicted octanol–water partition coefficient (Wildman–Crippen LogP) is 2.21. The first-order chi connectivity index (χ1) is 8.95. The standard InChI is InChI=1S/C14H16ClNO3/c1-9(12(17)18)8-16-13(19)14(5-6-14)10-3-2-4-11(15)7-10/h2-4,7,9H,5-6,8H2,1H3,(H,16,19)(H,17,18). The molecule has 1 atom stereocenters. The van der Waals surface area contributed by atoms with Gasteiger partial charge in [0.15, 0.2) is 0 Å². The monoisotopic (exact) mass is 281 g/mol. The molecule has 19 heavy (non-hydrogen) atoms. The Balaban J connectivity index is 2.05. The lowest BCUT2D eigenvalue weighted by atomic mass is 9.95. The molecule has 0 spiro atoms. The van der Waals surface area contributed by atoms with Gasteiger partial charge in [0.1, 0.15) is 0 Å². The van der Waals surface area contributed by atoms with Crippen molar-refractivity contribution in [1.82, 2.24) is 5.32 Å². The van der Waals surface area contributed by atoms with E-state index in [1.54, 1.807) is 19.1 Å². The highest BCUT2D eigenvalue weighted by Crippen LogP contribution is 2.48. The average Bonchev–Trinajstić information content (AvgIpc) is 3.16. The maximum atomic E-state index is 12.2. The van der Waals surface area contributed by atoms with E-state index in [0.717, 1.165) is 18.4 Å². The Labute approximate surface area is 116 Å². The zero-order valence-corrected chi connectivity index (χ0v) is 11.4. The van der Waals surface area contributed by atoms with Crippen LogP contribution < -0.4 is 5.32 Å². The largest absolute Gasteiger partial charge is 0.481 e. The van der Waals surface area contributed by atoms with Crippen molar-refractivity contribution in [1.29, 1.82) is 0 Å². The molecule has 0 radical (unpaired) electrons. The van der Waals surface area contributed by atoms with Gasteiger partial charge in [-0.3, -0.25) is 9.59 Å². The summed E-state index contributed by atoms with van der Waals surface area (Å²) in [6.07, 6.45) is 1.56. The molecule has 5 heteroatoms. The molecule has 102 valence electrons. The van der Waals surface area contributed by atoms with E-state index in [9.17, 15) is 9.59 Å². The van der Waals surface area contributed by atoms with Gasteiger partial charge in [0.2, 0.25) is 5.91 Å². The van der Waals surface area contributed by atoms with E-state index in [1.165, 1.54) is 0 Å². The van der Waals surface area contributed by atoms with E-state index < -0.39 is 17.3 Å². The molecular formula is C14H16ClNO3. The van der Waals surface area contributed by atoms with Crippen molar-refractivity contribution in [3.05, 3.63) is 34.9 Å². The highest BCUT2D eigenvalue weighted by Gasteiger charge is 2.51. The smallest absolute Gasteiger partial charge is 0.308 e. The van der Waals surface area contributed by atoms with Gasteiger partial charge in [-0.1, -0.05) is 30.7 Å². The molecule has 0 bridgehead atoms. The molecule has 1 aliphatic carbocycles. The van der Waals surface area contributed by atoms with Crippen LogP contribution in [0, 0.1) is 5.92 Å². The van der Waals surface area contributed by atoms with Crippen molar-refractivity contribution in [2.24, 2.45) is 5.92 Å². The molecule has 1 aliphatic rings. The van der Waals surface area contributed by atoms with Crippen molar-refractivity contribution < 1.29 is 14.7 Å². The van der Waals surface area contributed by atoms with Gasteiger partial charge >= 0.3 is 5.97 Å². The number of carboxylic acids is 1. The normalized spacial score (nSPS) is 17.6. The first-order valence-electron chi connectivity index (χ1n) is 6.23. The number of carbonyl (C=O) groups excluding carboxylic acids is 1. The summed E-state index contributed by atoms with van der Waals surface area (Å²) in [5, 5.41) is 12.1. The molecule has 0 heterocycles. The van der Waals surface area contributed by atoms with Crippen molar-refractivity contribution in [3.63, 3.8) is 0 Å². The maximum absolute atomic E-state index is 12.2. The quantitative estimate of drug-likeness (QED) is 0.869. The van der Waals surface area contributed by atoms with Gasteiger partial charge in [-0.25, -0.2) is 0 Å². The minimum absolute atomic E-state index is 0.108. The molecule has 1 fully saturated rings. The number of aliphatic carboxylic acids is 1. The number of hydrogen-bond acceptors (Lipinski definition) is 2. The topological polar surface area (TPSA) is 66.4 Å². The Kier molecular flexibility index (Phi) is 3.80. The summed E-state index contributed by atoms with van der Waals surface area (Å²) in [5.41, 5.74) is 0.392. The molecular weight excluding hydrogens is 266 g/mol.